The molecule has 2 aliphatic rings. The van der Waals surface area contributed by atoms with Gasteiger partial charge in [-0.05, 0) is 50.1 Å². The smallest absolute Gasteiger partial charge is 0.405 e. The number of amides is 1. The summed E-state index contributed by atoms with van der Waals surface area (Å²) in [6.45, 7) is 7.00. The molecule has 204 valence electrons. The van der Waals surface area contributed by atoms with Crippen molar-refractivity contribution >= 4 is 17.4 Å². The molecule has 0 unspecified atom stereocenters. The Labute approximate surface area is 220 Å². The van der Waals surface area contributed by atoms with Crippen molar-refractivity contribution < 1.29 is 18.0 Å². The second-order valence-electron chi connectivity index (χ2n) is 9.02. The average Bonchev–Trinajstić information content (AvgIpc) is 2.86. The van der Waals surface area contributed by atoms with E-state index in [9.17, 15) is 18.0 Å². The number of allylic oxidation sites excluding steroid dienone is 3. The van der Waals surface area contributed by atoms with Crippen molar-refractivity contribution in [3.05, 3.63) is 89.7 Å². The largest absolute Gasteiger partial charge is 0.416 e. The van der Waals surface area contributed by atoms with Gasteiger partial charge in [-0.3, -0.25) is 9.69 Å². The fraction of sp³-hybridized carbons (Fsp3) is 0.308. The summed E-state index contributed by atoms with van der Waals surface area (Å²) >= 11 is 0. The average molecular weight is 531 g/mol. The van der Waals surface area contributed by atoms with Gasteiger partial charge < -0.3 is 32.3 Å². The molecule has 0 radical (unpaired) electrons. The first-order valence-electron chi connectivity index (χ1n) is 11.9. The van der Waals surface area contributed by atoms with Gasteiger partial charge in [-0.1, -0.05) is 18.7 Å². The summed E-state index contributed by atoms with van der Waals surface area (Å²) in [5, 5.41) is 9.00. The molecule has 7 N–H and O–H groups in total. The van der Waals surface area contributed by atoms with Crippen molar-refractivity contribution in [3.8, 4) is 0 Å². The molecule has 0 aliphatic carbocycles. The van der Waals surface area contributed by atoms with E-state index in [-0.39, 0.29) is 17.3 Å². The lowest BCUT2D eigenvalue weighted by molar-refractivity contribution is -0.0882. The number of piperazine rings is 1. The molecule has 1 fully saturated rings. The lowest BCUT2D eigenvalue weighted by atomic mass is 10.0. The van der Waals surface area contributed by atoms with Gasteiger partial charge in [0.25, 0.3) is 5.91 Å². The fourth-order valence-corrected chi connectivity index (χ4v) is 4.01. The van der Waals surface area contributed by atoms with Crippen LogP contribution in [0.5, 0.6) is 0 Å². The molecule has 3 rings (SSSR count). The number of benzene rings is 1. The number of hydrogen-bond donors (Lipinski definition) is 5. The van der Waals surface area contributed by atoms with Gasteiger partial charge in [0.15, 0.2) is 0 Å². The molecule has 0 aromatic heterocycles. The highest BCUT2D eigenvalue weighted by atomic mass is 19.4. The predicted octanol–water partition coefficient (Wildman–Crippen LogP) is 1.83. The van der Waals surface area contributed by atoms with E-state index in [2.05, 4.69) is 51.4 Å². The highest BCUT2D eigenvalue weighted by Gasteiger charge is 2.32. The van der Waals surface area contributed by atoms with E-state index in [0.717, 1.165) is 31.4 Å². The summed E-state index contributed by atoms with van der Waals surface area (Å²) in [7, 11) is 4.18. The second kappa shape index (κ2) is 12.5. The zero-order chi connectivity index (χ0) is 27.9. The van der Waals surface area contributed by atoms with E-state index in [1.165, 1.54) is 0 Å². The van der Waals surface area contributed by atoms with Crippen molar-refractivity contribution in [2.24, 2.45) is 16.5 Å². The van der Waals surface area contributed by atoms with Crippen LogP contribution in [-0.4, -0.2) is 74.0 Å². The Kier molecular flexibility index (Phi) is 9.37. The molecule has 2 aliphatic heterocycles. The van der Waals surface area contributed by atoms with Crippen molar-refractivity contribution in [2.45, 2.75) is 12.2 Å². The molecule has 1 amide bonds. The maximum Gasteiger partial charge on any atom is 0.416 e. The van der Waals surface area contributed by atoms with E-state index >= 15 is 0 Å². The highest BCUT2D eigenvalue weighted by Crippen LogP contribution is 2.27. The third kappa shape index (κ3) is 7.49. The number of hydrogen-bond acceptors (Lipinski definition) is 8. The van der Waals surface area contributed by atoms with E-state index in [1.54, 1.807) is 36.7 Å². The maximum atomic E-state index is 13.1. The van der Waals surface area contributed by atoms with Gasteiger partial charge in [-0.2, -0.15) is 13.2 Å². The Morgan fingerprint density at radius 2 is 1.92 bits per heavy atom. The highest BCUT2D eigenvalue weighted by molar-refractivity contribution is 6.04. The summed E-state index contributed by atoms with van der Waals surface area (Å²) in [5.41, 5.74) is 12.3. The van der Waals surface area contributed by atoms with Crippen LogP contribution in [-0.2, 0) is 0 Å². The van der Waals surface area contributed by atoms with Crippen LogP contribution in [0.1, 0.15) is 15.9 Å². The first kappa shape index (κ1) is 28.5. The number of halogens is 3. The summed E-state index contributed by atoms with van der Waals surface area (Å²) in [5.74, 6) is -0.300. The van der Waals surface area contributed by atoms with Gasteiger partial charge in [-0.25, -0.2) is 4.99 Å². The van der Waals surface area contributed by atoms with Crippen LogP contribution in [0.15, 0.2) is 83.6 Å². The summed E-state index contributed by atoms with van der Waals surface area (Å²) in [4.78, 5) is 21.4. The summed E-state index contributed by atoms with van der Waals surface area (Å²) in [6, 6.07) is 6.86. The molecule has 9 nitrogen and oxygen atoms in total. The fourth-order valence-electron chi connectivity index (χ4n) is 4.01. The number of carbonyl (C=O) groups is 1. The number of nitrogens with zero attached hydrogens (tertiary/aromatic N) is 3. The number of aliphatic imine (C=N–C) groups is 1. The molecule has 38 heavy (non-hydrogen) atoms. The van der Waals surface area contributed by atoms with Gasteiger partial charge in [0.2, 0.25) is 0 Å². The number of rotatable bonds is 8. The lowest BCUT2D eigenvalue weighted by Crippen LogP contribution is -2.53. The molecule has 1 atom stereocenters. The SMILES string of the molecule is C=C(/C=C(\C=C/N)C(F)(F)F)NC(=O)c1ccc(/C(NC[C@H]2CN(C)CCN2C)=C2/NC=CN=C2N)cc1. The normalized spacial score (nSPS) is 20.6. The number of amidine groups is 1. The number of alkyl halides is 3. The summed E-state index contributed by atoms with van der Waals surface area (Å²) < 4.78 is 39.2. The second-order valence-corrected chi connectivity index (χ2v) is 9.02. The van der Waals surface area contributed by atoms with Crippen molar-refractivity contribution in [1.82, 2.24) is 25.8 Å². The molecule has 2 heterocycles. The maximum absolute atomic E-state index is 13.1. The van der Waals surface area contributed by atoms with E-state index in [0.29, 0.717) is 35.9 Å². The number of carbonyl (C=O) groups excluding carboxylic acids is 1. The molecule has 1 saturated heterocycles. The number of likely N-dealkylation sites (N-methyl/N-ethyl adjacent to an activating group) is 2. The Morgan fingerprint density at radius 1 is 1.24 bits per heavy atom. The van der Waals surface area contributed by atoms with Crippen LogP contribution >= 0.6 is 0 Å². The Hall–Kier alpha value is -4.03. The minimum atomic E-state index is -4.64. The van der Waals surface area contributed by atoms with Gasteiger partial charge in [0.05, 0.1) is 11.3 Å². The van der Waals surface area contributed by atoms with E-state index < -0.39 is 17.7 Å². The van der Waals surface area contributed by atoms with Gasteiger partial charge in [-0.15, -0.1) is 0 Å². The zero-order valence-corrected chi connectivity index (χ0v) is 21.3. The Balaban J connectivity index is 1.79. The predicted molar refractivity (Wildman–Crippen MR) is 143 cm³/mol. The summed E-state index contributed by atoms with van der Waals surface area (Å²) in [6.07, 6.45) is 0.767. The van der Waals surface area contributed by atoms with Gasteiger partial charge in [0, 0.05) is 55.9 Å². The molecular formula is C26H33F3N8O. The van der Waals surface area contributed by atoms with Gasteiger partial charge >= 0.3 is 6.18 Å². The van der Waals surface area contributed by atoms with E-state index in [4.69, 9.17) is 11.5 Å². The van der Waals surface area contributed by atoms with Crippen LogP contribution in [0.25, 0.3) is 5.70 Å². The van der Waals surface area contributed by atoms with Gasteiger partial charge in [0.1, 0.15) is 11.5 Å². The molecule has 0 bridgehead atoms. The Morgan fingerprint density at radius 3 is 2.55 bits per heavy atom. The molecule has 0 spiro atoms. The number of nitrogens with two attached hydrogens (primary N) is 2. The van der Waals surface area contributed by atoms with Crippen molar-refractivity contribution in [1.29, 1.82) is 0 Å². The standard InChI is InChI=1S/C26H33F3N8O/c1-17(14-20(8-9-30)26(27,28)29)35-25(38)19-6-4-18(5-7-19)22(23-24(31)33-11-10-32-23)34-15-21-16-36(2)12-13-37(21)3/h4-11,14,21,32,34H,1,12-13,15-16,30H2,2-3H3,(H2,31,33)(H,35,38)/b9-8-,20-14+,23-22-/t21-/m0/s1. The minimum absolute atomic E-state index is 0.224. The van der Waals surface area contributed by atoms with Crippen molar-refractivity contribution in [3.63, 3.8) is 0 Å². The molecule has 0 saturated carbocycles. The molecule has 12 heteroatoms. The minimum Gasteiger partial charge on any atom is -0.405 e. The number of nitrogens with one attached hydrogen (secondary N) is 3. The monoisotopic (exact) mass is 530 g/mol. The lowest BCUT2D eigenvalue weighted by Gasteiger charge is -2.38. The quantitative estimate of drug-likeness (QED) is 0.325. The van der Waals surface area contributed by atoms with Crippen LogP contribution < -0.4 is 27.4 Å². The van der Waals surface area contributed by atoms with E-state index in [1.807, 2.05) is 0 Å². The third-order valence-electron chi connectivity index (χ3n) is 6.16. The van der Waals surface area contributed by atoms with Crippen LogP contribution in [0.2, 0.25) is 0 Å². The van der Waals surface area contributed by atoms with Crippen LogP contribution in [0, 0.1) is 0 Å². The van der Waals surface area contributed by atoms with Crippen LogP contribution in [0.3, 0.4) is 0 Å². The Bertz CT molecular complexity index is 1180. The third-order valence-corrected chi connectivity index (χ3v) is 6.16. The first-order chi connectivity index (χ1) is 18.0. The zero-order valence-electron chi connectivity index (χ0n) is 21.3. The topological polar surface area (TPSA) is 124 Å². The van der Waals surface area contributed by atoms with Crippen molar-refractivity contribution in [2.75, 3.05) is 40.3 Å². The molecular weight excluding hydrogens is 497 g/mol. The molecule has 1 aromatic rings. The first-order valence-corrected chi connectivity index (χ1v) is 11.9. The molecule has 1 aromatic carbocycles. The van der Waals surface area contributed by atoms with Crippen LogP contribution in [0.4, 0.5) is 13.2 Å².